The number of carbonyl (C=O) groups excluding carboxylic acids is 2. The van der Waals surface area contributed by atoms with Crippen molar-refractivity contribution >= 4 is 46.8 Å². The fourth-order valence-corrected chi connectivity index (χ4v) is 6.75. The maximum absolute atomic E-state index is 12.5. The van der Waals surface area contributed by atoms with Crippen molar-refractivity contribution in [3.63, 3.8) is 0 Å². The lowest BCUT2D eigenvalue weighted by Gasteiger charge is -2.36. The number of rotatable bonds is 28. The van der Waals surface area contributed by atoms with Gasteiger partial charge in [-0.05, 0) is 94.5 Å². The van der Waals surface area contributed by atoms with E-state index in [1.54, 1.807) is 0 Å². The van der Waals surface area contributed by atoms with Crippen LogP contribution in [0.4, 0.5) is 11.4 Å². The highest BCUT2D eigenvalue weighted by molar-refractivity contribution is 6.43. The summed E-state index contributed by atoms with van der Waals surface area (Å²) in [7, 11) is 1.89. The SMILES string of the molecule is CCCCC/C=C\C/C=C\C/C=C\C/C=C\C/C=C\CCC(=O)OCN(C)c1cc(OCCCCN2CCN(c3cccc(Cl)c3Cl)CC2)ccc1CCC=O. The number of piperazine rings is 1. The van der Waals surface area contributed by atoms with Crippen molar-refractivity contribution in [2.45, 2.75) is 96.8 Å². The molecule has 0 saturated carbocycles. The van der Waals surface area contributed by atoms with E-state index in [2.05, 4.69) is 71.4 Å². The molecule has 0 aromatic heterocycles. The van der Waals surface area contributed by atoms with Gasteiger partial charge in [0, 0.05) is 57.8 Å². The summed E-state index contributed by atoms with van der Waals surface area (Å²) < 4.78 is 11.7. The molecule has 1 fully saturated rings. The van der Waals surface area contributed by atoms with Gasteiger partial charge in [-0.2, -0.15) is 0 Å². The molecule has 0 N–H and O–H groups in total. The molecule has 0 unspecified atom stereocenters. The number of carbonyl (C=O) groups is 2. The van der Waals surface area contributed by atoms with E-state index in [-0.39, 0.29) is 12.7 Å². The van der Waals surface area contributed by atoms with Crippen LogP contribution in [0.1, 0.15) is 96.0 Å². The first-order valence-corrected chi connectivity index (χ1v) is 21.4. The van der Waals surface area contributed by atoms with Gasteiger partial charge in [0.2, 0.25) is 0 Å². The van der Waals surface area contributed by atoms with Crippen LogP contribution in [0.2, 0.25) is 10.0 Å². The van der Waals surface area contributed by atoms with E-state index in [9.17, 15) is 9.59 Å². The van der Waals surface area contributed by atoms with Crippen LogP contribution < -0.4 is 14.5 Å². The Morgan fingerprint density at radius 2 is 1.45 bits per heavy atom. The van der Waals surface area contributed by atoms with Crippen molar-refractivity contribution < 1.29 is 19.1 Å². The predicted molar refractivity (Wildman–Crippen MR) is 238 cm³/mol. The quantitative estimate of drug-likeness (QED) is 0.0279. The first-order chi connectivity index (χ1) is 27.4. The van der Waals surface area contributed by atoms with Crippen LogP contribution in [0.15, 0.2) is 97.2 Å². The van der Waals surface area contributed by atoms with Crippen LogP contribution in [0.3, 0.4) is 0 Å². The highest BCUT2D eigenvalue weighted by Crippen LogP contribution is 2.33. The second kappa shape index (κ2) is 29.5. The van der Waals surface area contributed by atoms with Gasteiger partial charge in [0.15, 0.2) is 6.73 Å². The van der Waals surface area contributed by atoms with Crippen LogP contribution >= 0.6 is 23.2 Å². The lowest BCUT2D eigenvalue weighted by Crippen LogP contribution is -2.46. The molecule has 0 atom stereocenters. The monoisotopic (exact) mass is 805 g/mol. The van der Waals surface area contributed by atoms with Gasteiger partial charge < -0.3 is 24.1 Å². The van der Waals surface area contributed by atoms with Crippen LogP contribution in [-0.4, -0.2) is 70.3 Å². The number of aryl methyl sites for hydroxylation is 1. The summed E-state index contributed by atoms with van der Waals surface area (Å²) >= 11 is 12.7. The minimum atomic E-state index is -0.240. The number of unbranched alkanes of at least 4 members (excludes halogenated alkanes) is 4. The average molecular weight is 807 g/mol. The van der Waals surface area contributed by atoms with Crippen LogP contribution in [0.25, 0.3) is 0 Å². The molecule has 2 aromatic carbocycles. The third-order valence-corrected chi connectivity index (χ3v) is 10.4. The molecular formula is C47H65Cl2N3O4. The van der Waals surface area contributed by atoms with Gasteiger partial charge in [-0.3, -0.25) is 9.69 Å². The normalized spacial score (nSPS) is 14.0. The van der Waals surface area contributed by atoms with Crippen molar-refractivity contribution in [2.75, 3.05) is 62.9 Å². The molecule has 0 bridgehead atoms. The van der Waals surface area contributed by atoms with Gasteiger partial charge in [0.1, 0.15) is 12.0 Å². The Kier molecular flexibility index (Phi) is 24.5. The Bertz CT molecular complexity index is 1560. The largest absolute Gasteiger partial charge is 0.494 e. The third kappa shape index (κ3) is 19.4. The molecule has 0 aliphatic carbocycles. The van der Waals surface area contributed by atoms with Gasteiger partial charge in [-0.15, -0.1) is 0 Å². The lowest BCUT2D eigenvalue weighted by molar-refractivity contribution is -0.143. The molecule has 306 valence electrons. The van der Waals surface area contributed by atoms with Crippen molar-refractivity contribution in [2.24, 2.45) is 0 Å². The molecule has 2 aromatic rings. The number of allylic oxidation sites excluding steroid dienone is 10. The number of esters is 1. The van der Waals surface area contributed by atoms with Crippen molar-refractivity contribution in [3.05, 3.63) is 113 Å². The van der Waals surface area contributed by atoms with E-state index in [1.807, 2.05) is 54.4 Å². The molecule has 1 aliphatic rings. The Morgan fingerprint density at radius 1 is 0.786 bits per heavy atom. The summed E-state index contributed by atoms with van der Waals surface area (Å²) in [6, 6.07) is 11.7. The zero-order chi connectivity index (χ0) is 40.1. The Labute approximate surface area is 347 Å². The second-order valence-electron chi connectivity index (χ2n) is 14.1. The molecular weight excluding hydrogens is 741 g/mol. The first-order valence-electron chi connectivity index (χ1n) is 20.6. The highest BCUT2D eigenvalue weighted by Gasteiger charge is 2.19. The number of nitrogens with zero attached hydrogens (tertiary/aromatic N) is 3. The smallest absolute Gasteiger partial charge is 0.307 e. The topological polar surface area (TPSA) is 62.3 Å². The lowest BCUT2D eigenvalue weighted by atomic mass is 10.1. The van der Waals surface area contributed by atoms with E-state index >= 15 is 0 Å². The van der Waals surface area contributed by atoms with Gasteiger partial charge in [-0.1, -0.05) is 116 Å². The maximum atomic E-state index is 12.5. The zero-order valence-corrected chi connectivity index (χ0v) is 35.4. The summed E-state index contributed by atoms with van der Waals surface area (Å²) in [5, 5.41) is 1.22. The van der Waals surface area contributed by atoms with E-state index in [4.69, 9.17) is 32.7 Å². The van der Waals surface area contributed by atoms with Gasteiger partial charge in [0.05, 0.1) is 22.3 Å². The molecule has 1 aliphatic heterocycles. The molecule has 56 heavy (non-hydrogen) atoms. The summed E-state index contributed by atoms with van der Waals surface area (Å²) in [4.78, 5) is 30.3. The summed E-state index contributed by atoms with van der Waals surface area (Å²) in [6.07, 6.45) is 35.6. The number of aldehydes is 1. The second-order valence-corrected chi connectivity index (χ2v) is 14.9. The zero-order valence-electron chi connectivity index (χ0n) is 33.9. The molecule has 1 saturated heterocycles. The fraction of sp³-hybridized carbons (Fsp3) is 0.489. The summed E-state index contributed by atoms with van der Waals surface area (Å²) in [5.74, 6) is 0.523. The molecule has 0 spiro atoms. The number of benzene rings is 2. The van der Waals surface area contributed by atoms with Gasteiger partial charge in [0.25, 0.3) is 0 Å². The summed E-state index contributed by atoms with van der Waals surface area (Å²) in [6.45, 7) is 7.79. The van der Waals surface area contributed by atoms with Crippen molar-refractivity contribution in [1.82, 2.24) is 4.90 Å². The number of hydrogen-bond acceptors (Lipinski definition) is 7. The van der Waals surface area contributed by atoms with Gasteiger partial charge >= 0.3 is 5.97 Å². The van der Waals surface area contributed by atoms with E-state index < -0.39 is 0 Å². The van der Waals surface area contributed by atoms with Gasteiger partial charge in [-0.25, -0.2) is 0 Å². The van der Waals surface area contributed by atoms with E-state index in [1.165, 1.54) is 25.7 Å². The molecule has 1 heterocycles. The summed E-state index contributed by atoms with van der Waals surface area (Å²) in [5.41, 5.74) is 2.92. The highest BCUT2D eigenvalue weighted by atomic mass is 35.5. The van der Waals surface area contributed by atoms with Crippen molar-refractivity contribution in [3.8, 4) is 5.75 Å². The fourth-order valence-electron chi connectivity index (χ4n) is 6.33. The minimum absolute atomic E-state index is 0.124. The number of anilines is 2. The van der Waals surface area contributed by atoms with Crippen LogP contribution in [0.5, 0.6) is 5.75 Å². The maximum Gasteiger partial charge on any atom is 0.307 e. The molecule has 0 radical (unpaired) electrons. The molecule has 3 rings (SSSR count). The third-order valence-electron chi connectivity index (χ3n) is 9.61. The van der Waals surface area contributed by atoms with Crippen LogP contribution in [-0.2, 0) is 20.7 Å². The molecule has 9 heteroatoms. The Morgan fingerprint density at radius 3 is 2.11 bits per heavy atom. The predicted octanol–water partition coefficient (Wildman–Crippen LogP) is 11.7. The van der Waals surface area contributed by atoms with E-state index in [0.717, 1.165) is 100 Å². The average Bonchev–Trinajstić information content (AvgIpc) is 3.21. The Hall–Kier alpha value is -3.78. The number of halogens is 2. The minimum Gasteiger partial charge on any atom is -0.494 e. The Balaban J connectivity index is 1.29. The number of ether oxygens (including phenoxy) is 2. The molecule has 7 nitrogen and oxygen atoms in total. The van der Waals surface area contributed by atoms with E-state index in [0.29, 0.717) is 42.3 Å². The number of hydrogen-bond donors (Lipinski definition) is 0. The first kappa shape index (κ1) is 46.6. The standard InChI is InChI=1S/C47H65Cl2N3O4/c1-3-4-5-6-7-8-9-10-11-12-13-14-15-16-17-18-19-20-21-29-46(54)56-40-50(2)45-39-42(31-30-41(45)26-25-37-53)55-38-23-22-32-51-33-35-52(36-34-51)44-28-24-27-43(48)47(44)49/h7-8,10-11,13-14,16-17,19-20,24,27-28,30-31,37,39H,3-6,9,12,15,18,21-23,25-26,29,32-36,38,40H2,1-2H3/b8-7-,11-10-,14-13-,17-16-,20-19-. The molecule has 0 amide bonds. The van der Waals surface area contributed by atoms with Crippen molar-refractivity contribution in [1.29, 1.82) is 0 Å². The van der Waals surface area contributed by atoms with Crippen LogP contribution in [0, 0.1) is 0 Å².